The van der Waals surface area contributed by atoms with Gasteiger partial charge < -0.3 is 9.80 Å². The fourth-order valence-corrected chi connectivity index (χ4v) is 4.16. The van der Waals surface area contributed by atoms with E-state index in [1.165, 1.54) is 0 Å². The van der Waals surface area contributed by atoms with Crippen LogP contribution in [0, 0.1) is 0 Å². The maximum Gasteiger partial charge on any atom is 0.227 e. The molecule has 28 heavy (non-hydrogen) atoms. The number of hydrogen-bond donors (Lipinski definition) is 0. The first kappa shape index (κ1) is 20.1. The fourth-order valence-electron chi connectivity index (χ4n) is 4.16. The summed E-state index contributed by atoms with van der Waals surface area (Å²) in [5.41, 5.74) is 2.06. The number of nitrogens with zero attached hydrogens (tertiary/aromatic N) is 2. The first-order valence-corrected chi connectivity index (χ1v) is 10.2. The maximum absolute atomic E-state index is 12.9. The molecule has 3 rings (SSSR count). The summed E-state index contributed by atoms with van der Waals surface area (Å²) in [4.78, 5) is 29.5. The molecule has 1 fully saturated rings. The molecule has 2 amide bonds. The van der Waals surface area contributed by atoms with Crippen LogP contribution in [-0.2, 0) is 22.4 Å². The molecule has 4 nitrogen and oxygen atoms in total. The van der Waals surface area contributed by atoms with E-state index in [9.17, 15) is 9.59 Å². The van der Waals surface area contributed by atoms with Crippen LogP contribution >= 0.6 is 0 Å². The Morgan fingerprint density at radius 2 is 1.07 bits per heavy atom. The number of benzene rings is 2. The number of carbonyl (C=O) groups excluding carboxylic acids is 2. The van der Waals surface area contributed by atoms with Crippen molar-refractivity contribution in [2.24, 2.45) is 0 Å². The Morgan fingerprint density at radius 3 is 1.43 bits per heavy atom. The minimum atomic E-state index is 0.0784. The molecule has 2 aromatic carbocycles. The van der Waals surface area contributed by atoms with E-state index < -0.39 is 0 Å². The van der Waals surface area contributed by atoms with E-state index in [1.807, 2.05) is 84.6 Å². The molecule has 0 N–H and O–H groups in total. The van der Waals surface area contributed by atoms with E-state index in [1.54, 1.807) is 0 Å². The van der Waals surface area contributed by atoms with Gasteiger partial charge in [0.2, 0.25) is 11.8 Å². The standard InChI is InChI=1S/C24H30N2O2/c1-25(23(27)17-19-11-5-3-6-12-19)21-15-9-10-16-22(21)26(2)24(28)18-20-13-7-4-8-14-20/h3-8,11-14,21-22H,9-10,15-18H2,1-2H3. The van der Waals surface area contributed by atoms with Crippen molar-refractivity contribution in [1.29, 1.82) is 0 Å². The highest BCUT2D eigenvalue weighted by Gasteiger charge is 2.34. The van der Waals surface area contributed by atoms with Crippen molar-refractivity contribution in [3.63, 3.8) is 0 Å². The predicted molar refractivity (Wildman–Crippen MR) is 112 cm³/mol. The van der Waals surface area contributed by atoms with Gasteiger partial charge in [0.1, 0.15) is 0 Å². The van der Waals surface area contributed by atoms with Gasteiger partial charge in [0.05, 0.1) is 24.9 Å². The monoisotopic (exact) mass is 378 g/mol. The van der Waals surface area contributed by atoms with Crippen LogP contribution in [0.25, 0.3) is 0 Å². The van der Waals surface area contributed by atoms with Crippen LogP contribution in [0.15, 0.2) is 60.7 Å². The second kappa shape index (κ2) is 9.54. The zero-order valence-electron chi connectivity index (χ0n) is 16.9. The van der Waals surface area contributed by atoms with Crippen LogP contribution in [0.4, 0.5) is 0 Å². The molecule has 2 atom stereocenters. The topological polar surface area (TPSA) is 40.6 Å². The second-order valence-electron chi connectivity index (χ2n) is 7.75. The van der Waals surface area contributed by atoms with Gasteiger partial charge in [-0.1, -0.05) is 73.5 Å². The molecule has 2 aromatic rings. The molecular formula is C24H30N2O2. The summed E-state index contributed by atoms with van der Waals surface area (Å²) in [6, 6.07) is 19.9. The fraction of sp³-hybridized carbons (Fsp3) is 0.417. The summed E-state index contributed by atoms with van der Waals surface area (Å²) in [6.45, 7) is 0. The third-order valence-corrected chi connectivity index (χ3v) is 5.87. The molecule has 0 aromatic heterocycles. The third-order valence-electron chi connectivity index (χ3n) is 5.87. The summed E-state index contributed by atoms with van der Waals surface area (Å²) in [5.74, 6) is 0.235. The lowest BCUT2D eigenvalue weighted by Gasteiger charge is -2.42. The average molecular weight is 379 g/mol. The van der Waals surface area contributed by atoms with Crippen LogP contribution in [0.5, 0.6) is 0 Å². The lowest BCUT2D eigenvalue weighted by Crippen LogP contribution is -2.54. The van der Waals surface area contributed by atoms with E-state index in [4.69, 9.17) is 0 Å². The van der Waals surface area contributed by atoms with Gasteiger partial charge in [0.25, 0.3) is 0 Å². The Labute approximate surface area is 168 Å². The number of carbonyl (C=O) groups is 2. The summed E-state index contributed by atoms with van der Waals surface area (Å²) < 4.78 is 0. The number of amides is 2. The number of rotatable bonds is 6. The molecule has 0 heterocycles. The SMILES string of the molecule is CN(C(=O)Cc1ccccc1)C1CCCCC1N(C)C(=O)Cc1ccccc1. The van der Waals surface area contributed by atoms with Crippen molar-refractivity contribution < 1.29 is 9.59 Å². The van der Waals surface area contributed by atoms with E-state index in [0.29, 0.717) is 12.8 Å². The van der Waals surface area contributed by atoms with Gasteiger partial charge in [0, 0.05) is 14.1 Å². The molecule has 1 aliphatic rings. The molecule has 148 valence electrons. The van der Waals surface area contributed by atoms with E-state index >= 15 is 0 Å². The summed E-state index contributed by atoms with van der Waals surface area (Å²) in [7, 11) is 3.79. The lowest BCUT2D eigenvalue weighted by atomic mass is 9.87. The predicted octanol–water partition coefficient (Wildman–Crippen LogP) is 3.70. The van der Waals surface area contributed by atoms with Crippen LogP contribution in [0.1, 0.15) is 36.8 Å². The minimum Gasteiger partial charge on any atom is -0.340 e. The van der Waals surface area contributed by atoms with Gasteiger partial charge in [-0.2, -0.15) is 0 Å². The van der Waals surface area contributed by atoms with Crippen LogP contribution in [0.3, 0.4) is 0 Å². The highest BCUT2D eigenvalue weighted by atomic mass is 16.2. The molecule has 2 unspecified atom stereocenters. The van der Waals surface area contributed by atoms with Gasteiger partial charge in [-0.25, -0.2) is 0 Å². The summed E-state index contributed by atoms with van der Waals surface area (Å²) >= 11 is 0. The second-order valence-corrected chi connectivity index (χ2v) is 7.75. The van der Waals surface area contributed by atoms with E-state index in [0.717, 1.165) is 36.8 Å². The number of hydrogen-bond acceptors (Lipinski definition) is 2. The zero-order chi connectivity index (χ0) is 19.9. The minimum absolute atomic E-state index is 0.0784. The Balaban J connectivity index is 1.66. The zero-order valence-corrected chi connectivity index (χ0v) is 16.9. The highest BCUT2D eigenvalue weighted by Crippen LogP contribution is 2.27. The molecule has 4 heteroatoms. The van der Waals surface area contributed by atoms with Crippen LogP contribution < -0.4 is 0 Å². The largest absolute Gasteiger partial charge is 0.340 e. The molecule has 0 bridgehead atoms. The smallest absolute Gasteiger partial charge is 0.227 e. The number of likely N-dealkylation sites (N-methyl/N-ethyl adjacent to an activating group) is 2. The van der Waals surface area contributed by atoms with E-state index in [2.05, 4.69) is 0 Å². The van der Waals surface area contributed by atoms with Gasteiger partial charge in [-0.15, -0.1) is 0 Å². The third kappa shape index (κ3) is 5.00. The van der Waals surface area contributed by atoms with Crippen molar-refractivity contribution in [2.75, 3.05) is 14.1 Å². The highest BCUT2D eigenvalue weighted by molar-refractivity contribution is 5.80. The Morgan fingerprint density at radius 1 is 0.714 bits per heavy atom. The quantitative estimate of drug-likeness (QED) is 0.769. The van der Waals surface area contributed by atoms with Gasteiger partial charge in [0.15, 0.2) is 0 Å². The molecular weight excluding hydrogens is 348 g/mol. The molecule has 1 aliphatic carbocycles. The van der Waals surface area contributed by atoms with Gasteiger partial charge in [-0.05, 0) is 24.0 Å². The van der Waals surface area contributed by atoms with Crippen molar-refractivity contribution in [3.05, 3.63) is 71.8 Å². The molecule has 0 aliphatic heterocycles. The van der Waals surface area contributed by atoms with Crippen molar-refractivity contribution in [2.45, 2.75) is 50.6 Å². The average Bonchev–Trinajstić information content (AvgIpc) is 2.74. The van der Waals surface area contributed by atoms with Crippen molar-refractivity contribution in [3.8, 4) is 0 Å². The molecule has 1 saturated carbocycles. The Bertz CT molecular complexity index is 708. The van der Waals surface area contributed by atoms with Crippen LogP contribution in [-0.4, -0.2) is 47.8 Å². The lowest BCUT2D eigenvalue weighted by molar-refractivity contribution is -0.139. The normalized spacial score (nSPS) is 19.1. The molecule has 0 saturated heterocycles. The summed E-state index contributed by atoms with van der Waals surface area (Å²) in [5, 5.41) is 0. The van der Waals surface area contributed by atoms with Gasteiger partial charge in [-0.3, -0.25) is 9.59 Å². The van der Waals surface area contributed by atoms with Crippen LogP contribution in [0.2, 0.25) is 0 Å². The van der Waals surface area contributed by atoms with Gasteiger partial charge >= 0.3 is 0 Å². The molecule has 0 radical (unpaired) electrons. The van der Waals surface area contributed by atoms with Crippen molar-refractivity contribution >= 4 is 11.8 Å². The first-order chi connectivity index (χ1) is 13.6. The summed E-state index contributed by atoms with van der Waals surface area (Å²) in [6.07, 6.45) is 4.91. The molecule has 0 spiro atoms. The van der Waals surface area contributed by atoms with E-state index in [-0.39, 0.29) is 23.9 Å². The maximum atomic E-state index is 12.9. The Hall–Kier alpha value is -2.62. The first-order valence-electron chi connectivity index (χ1n) is 10.2. The Kier molecular flexibility index (Phi) is 6.85. The van der Waals surface area contributed by atoms with Crippen molar-refractivity contribution in [1.82, 2.24) is 9.80 Å².